The molecule has 1 aliphatic heterocycles. The van der Waals surface area contributed by atoms with Gasteiger partial charge in [-0.2, -0.15) is 0 Å². The molecule has 2 fully saturated rings. The number of hydrogen-bond acceptors (Lipinski definition) is 1. The molecule has 1 nitrogen and oxygen atoms in total. The van der Waals surface area contributed by atoms with Crippen LogP contribution < -0.4 is 5.32 Å². The van der Waals surface area contributed by atoms with Crippen molar-refractivity contribution in [1.29, 1.82) is 0 Å². The topological polar surface area (TPSA) is 12.0 Å². The Kier molecular flexibility index (Phi) is 3.45. The fourth-order valence-corrected chi connectivity index (χ4v) is 2.28. The Hall–Kier alpha value is -0.480. The molecule has 1 N–H and O–H groups in total. The standard InChI is InChI=1S/C8H15N.C2H2.H2/c1-2-4-8-7(3-1)5-6-9-8;1-2;/h7-9H,1-6H2;1-2H;1H/t7-,8-;;/m0../s1. The van der Waals surface area contributed by atoms with Gasteiger partial charge < -0.3 is 5.32 Å². The molecule has 0 spiro atoms. The third-order valence-electron chi connectivity index (χ3n) is 2.83. The average molecular weight is 153 g/mol. The highest BCUT2D eigenvalue weighted by Gasteiger charge is 2.28. The summed E-state index contributed by atoms with van der Waals surface area (Å²) in [5, 5.41) is 3.56. The first kappa shape index (κ1) is 8.62. The van der Waals surface area contributed by atoms with E-state index < -0.39 is 0 Å². The van der Waals surface area contributed by atoms with E-state index in [1.807, 2.05) is 0 Å². The lowest BCUT2D eigenvalue weighted by Crippen LogP contribution is -2.29. The van der Waals surface area contributed by atoms with E-state index in [0.717, 1.165) is 12.0 Å². The minimum atomic E-state index is 0. The van der Waals surface area contributed by atoms with Crippen LogP contribution in [-0.4, -0.2) is 12.6 Å². The van der Waals surface area contributed by atoms with E-state index in [4.69, 9.17) is 0 Å². The van der Waals surface area contributed by atoms with Crippen LogP contribution in [0.25, 0.3) is 0 Å². The molecule has 2 aliphatic rings. The van der Waals surface area contributed by atoms with E-state index in [1.165, 1.54) is 38.6 Å². The molecule has 1 aliphatic carbocycles. The predicted molar refractivity (Wildman–Crippen MR) is 50.4 cm³/mol. The maximum Gasteiger partial charge on any atom is 0.00958 e. The molecule has 1 heteroatoms. The van der Waals surface area contributed by atoms with Gasteiger partial charge in [0.25, 0.3) is 0 Å². The van der Waals surface area contributed by atoms with Crippen LogP contribution in [0.4, 0.5) is 0 Å². The summed E-state index contributed by atoms with van der Waals surface area (Å²) in [6.07, 6.45) is 15.4. The highest BCUT2D eigenvalue weighted by atomic mass is 15.0. The van der Waals surface area contributed by atoms with Gasteiger partial charge in [-0.25, -0.2) is 0 Å². The number of hydrogen-bond donors (Lipinski definition) is 1. The SMILES string of the molecule is C#C.C1CC[C@@H]2NCC[C@@H]2C1.[HH]. The molecule has 2 atom stereocenters. The van der Waals surface area contributed by atoms with Crippen molar-refractivity contribution < 1.29 is 1.43 Å². The quantitative estimate of drug-likeness (QED) is 0.525. The Labute approximate surface area is 71.1 Å². The molecule has 11 heavy (non-hydrogen) atoms. The van der Waals surface area contributed by atoms with Crippen molar-refractivity contribution in [1.82, 2.24) is 5.32 Å². The van der Waals surface area contributed by atoms with Gasteiger partial charge in [0.15, 0.2) is 0 Å². The van der Waals surface area contributed by atoms with Crippen molar-refractivity contribution in [2.75, 3.05) is 6.54 Å². The maximum absolute atomic E-state index is 4.00. The van der Waals surface area contributed by atoms with Crippen LogP contribution in [0.2, 0.25) is 0 Å². The fourth-order valence-electron chi connectivity index (χ4n) is 2.28. The second-order valence-corrected chi connectivity index (χ2v) is 3.39. The summed E-state index contributed by atoms with van der Waals surface area (Å²) in [6, 6.07) is 0.916. The Bertz CT molecular complexity index is 121. The third-order valence-corrected chi connectivity index (χ3v) is 2.83. The van der Waals surface area contributed by atoms with E-state index in [9.17, 15) is 0 Å². The van der Waals surface area contributed by atoms with Crippen molar-refractivity contribution in [2.45, 2.75) is 38.1 Å². The molecule has 64 valence electrons. The van der Waals surface area contributed by atoms with Gasteiger partial charge in [-0.05, 0) is 31.7 Å². The largest absolute Gasteiger partial charge is 0.314 e. The molecular weight excluding hydrogens is 134 g/mol. The van der Waals surface area contributed by atoms with Gasteiger partial charge in [0, 0.05) is 7.47 Å². The van der Waals surface area contributed by atoms with Crippen molar-refractivity contribution in [3.05, 3.63) is 0 Å². The number of rotatable bonds is 0. The smallest absolute Gasteiger partial charge is 0.00958 e. The second-order valence-electron chi connectivity index (χ2n) is 3.39. The molecule has 1 saturated carbocycles. The maximum atomic E-state index is 4.00. The Morgan fingerprint density at radius 1 is 1.09 bits per heavy atom. The van der Waals surface area contributed by atoms with Gasteiger partial charge in [-0.15, -0.1) is 12.8 Å². The van der Waals surface area contributed by atoms with Crippen LogP contribution in [-0.2, 0) is 0 Å². The van der Waals surface area contributed by atoms with E-state index >= 15 is 0 Å². The predicted octanol–water partition coefficient (Wildman–Crippen LogP) is 2.03. The number of fused-ring (bicyclic) bond motifs is 1. The molecule has 0 aromatic carbocycles. The van der Waals surface area contributed by atoms with Crippen LogP contribution in [0, 0.1) is 18.8 Å². The third kappa shape index (κ3) is 1.97. The summed E-state index contributed by atoms with van der Waals surface area (Å²) in [6.45, 7) is 1.29. The zero-order valence-electron chi connectivity index (χ0n) is 7.05. The first-order valence-corrected chi connectivity index (χ1v) is 4.53. The molecule has 1 heterocycles. The lowest BCUT2D eigenvalue weighted by atomic mass is 9.86. The summed E-state index contributed by atoms with van der Waals surface area (Å²) >= 11 is 0. The van der Waals surface area contributed by atoms with Gasteiger partial charge >= 0.3 is 0 Å². The van der Waals surface area contributed by atoms with E-state index in [2.05, 4.69) is 18.2 Å². The van der Waals surface area contributed by atoms with E-state index in [1.54, 1.807) is 0 Å². The molecule has 0 amide bonds. The van der Waals surface area contributed by atoms with Crippen LogP contribution in [0.15, 0.2) is 0 Å². The molecule has 0 unspecified atom stereocenters. The summed E-state index contributed by atoms with van der Waals surface area (Å²) < 4.78 is 0. The Morgan fingerprint density at radius 2 is 1.82 bits per heavy atom. The van der Waals surface area contributed by atoms with Gasteiger partial charge in [-0.1, -0.05) is 12.8 Å². The van der Waals surface area contributed by atoms with Crippen LogP contribution in [0.1, 0.15) is 33.5 Å². The Balaban J connectivity index is 0.000000378. The molecule has 0 aromatic rings. The van der Waals surface area contributed by atoms with Crippen molar-refractivity contribution >= 4 is 0 Å². The normalized spacial score (nSPS) is 35.1. The van der Waals surface area contributed by atoms with Gasteiger partial charge in [0.1, 0.15) is 0 Å². The summed E-state index contributed by atoms with van der Waals surface area (Å²) in [4.78, 5) is 0. The van der Waals surface area contributed by atoms with Crippen LogP contribution >= 0.6 is 0 Å². The van der Waals surface area contributed by atoms with E-state index in [0.29, 0.717) is 0 Å². The lowest BCUT2D eigenvalue weighted by molar-refractivity contribution is 0.326. The Morgan fingerprint density at radius 3 is 2.55 bits per heavy atom. The summed E-state index contributed by atoms with van der Waals surface area (Å²) in [5.74, 6) is 1.05. The molecule has 2 rings (SSSR count). The summed E-state index contributed by atoms with van der Waals surface area (Å²) in [7, 11) is 0. The molecule has 0 bridgehead atoms. The van der Waals surface area contributed by atoms with Crippen molar-refractivity contribution in [2.24, 2.45) is 5.92 Å². The number of nitrogens with one attached hydrogen (secondary N) is 1. The van der Waals surface area contributed by atoms with E-state index in [-0.39, 0.29) is 1.43 Å². The molecular formula is C10H19N. The first-order valence-electron chi connectivity index (χ1n) is 4.53. The first-order chi connectivity index (χ1) is 5.47. The monoisotopic (exact) mass is 153 g/mol. The van der Waals surface area contributed by atoms with Gasteiger partial charge in [0.05, 0.1) is 0 Å². The van der Waals surface area contributed by atoms with Crippen molar-refractivity contribution in [3.63, 3.8) is 0 Å². The zero-order valence-corrected chi connectivity index (χ0v) is 7.05. The molecule has 0 radical (unpaired) electrons. The molecule has 1 saturated heterocycles. The fraction of sp³-hybridized carbons (Fsp3) is 0.800. The van der Waals surface area contributed by atoms with Crippen molar-refractivity contribution in [3.8, 4) is 12.8 Å². The number of terminal acetylenes is 1. The average Bonchev–Trinajstić information content (AvgIpc) is 2.55. The summed E-state index contributed by atoms with van der Waals surface area (Å²) in [5.41, 5.74) is 0. The van der Waals surface area contributed by atoms with Crippen LogP contribution in [0.5, 0.6) is 0 Å². The minimum absolute atomic E-state index is 0. The van der Waals surface area contributed by atoms with Gasteiger partial charge in [-0.3, -0.25) is 0 Å². The zero-order chi connectivity index (χ0) is 8.10. The second kappa shape index (κ2) is 4.41. The van der Waals surface area contributed by atoms with Gasteiger partial charge in [0.2, 0.25) is 0 Å². The minimum Gasteiger partial charge on any atom is -0.314 e. The van der Waals surface area contributed by atoms with Crippen LogP contribution in [0.3, 0.4) is 0 Å². The highest BCUT2D eigenvalue weighted by Crippen LogP contribution is 2.29. The highest BCUT2D eigenvalue weighted by molar-refractivity contribution is 4.86. The lowest BCUT2D eigenvalue weighted by Gasteiger charge is -2.24. The molecule has 0 aromatic heterocycles.